The maximum atomic E-state index is 10.5. The largest absolute Gasteiger partial charge is 0.388 e. The minimum absolute atomic E-state index is 0.445. The highest BCUT2D eigenvalue weighted by molar-refractivity contribution is 4.95. The van der Waals surface area contributed by atoms with Gasteiger partial charge in [-0.2, -0.15) is 0 Å². The molecule has 4 unspecified atom stereocenters. The molecule has 2 aliphatic carbocycles. The van der Waals surface area contributed by atoms with Crippen molar-refractivity contribution >= 4 is 0 Å². The molecule has 1 saturated heterocycles. The van der Waals surface area contributed by atoms with E-state index in [1.54, 1.807) is 0 Å². The van der Waals surface area contributed by atoms with Crippen LogP contribution < -0.4 is 5.73 Å². The van der Waals surface area contributed by atoms with Gasteiger partial charge in [-0.25, -0.2) is 0 Å². The fourth-order valence-corrected chi connectivity index (χ4v) is 4.91. The molecule has 1 aliphatic heterocycles. The number of fused-ring (bicyclic) bond motifs is 1. The van der Waals surface area contributed by atoms with E-state index in [-0.39, 0.29) is 0 Å². The van der Waals surface area contributed by atoms with Gasteiger partial charge in [-0.3, -0.25) is 0 Å². The number of rotatable bonds is 4. The molecule has 3 heteroatoms. The Balaban J connectivity index is 1.52. The minimum Gasteiger partial charge on any atom is -0.388 e. The summed E-state index contributed by atoms with van der Waals surface area (Å²) in [6, 6.07) is 0.862. The zero-order valence-electron chi connectivity index (χ0n) is 12.2. The smallest absolute Gasteiger partial charge is 0.0797 e. The Morgan fingerprint density at radius 2 is 1.95 bits per heavy atom. The van der Waals surface area contributed by atoms with Gasteiger partial charge in [-0.1, -0.05) is 19.3 Å². The third-order valence-corrected chi connectivity index (χ3v) is 6.17. The molecule has 3 fully saturated rings. The van der Waals surface area contributed by atoms with Crippen molar-refractivity contribution in [2.75, 3.05) is 19.6 Å². The Morgan fingerprint density at radius 1 is 1.11 bits per heavy atom. The normalized spacial score (nSPS) is 43.6. The summed E-state index contributed by atoms with van der Waals surface area (Å²) in [5.41, 5.74) is 5.23. The monoisotopic (exact) mass is 266 g/mol. The molecule has 2 saturated carbocycles. The summed E-state index contributed by atoms with van der Waals surface area (Å²) in [7, 11) is 0. The summed E-state index contributed by atoms with van der Waals surface area (Å²) in [4.78, 5) is 2.72. The Morgan fingerprint density at radius 3 is 2.79 bits per heavy atom. The van der Waals surface area contributed by atoms with Crippen molar-refractivity contribution in [1.29, 1.82) is 0 Å². The lowest BCUT2D eigenvalue weighted by molar-refractivity contribution is 0.00334. The molecule has 19 heavy (non-hydrogen) atoms. The second-order valence-corrected chi connectivity index (χ2v) is 7.12. The van der Waals surface area contributed by atoms with E-state index in [1.165, 1.54) is 51.6 Å². The van der Waals surface area contributed by atoms with Crippen molar-refractivity contribution in [3.63, 3.8) is 0 Å². The van der Waals surface area contributed by atoms with Crippen molar-refractivity contribution in [2.45, 2.75) is 69.4 Å². The van der Waals surface area contributed by atoms with E-state index in [9.17, 15) is 5.11 Å². The van der Waals surface area contributed by atoms with Crippen molar-refractivity contribution in [3.8, 4) is 0 Å². The number of aliphatic hydroxyl groups is 1. The van der Waals surface area contributed by atoms with Gasteiger partial charge in [0.1, 0.15) is 0 Å². The van der Waals surface area contributed by atoms with Crippen LogP contribution in [0.25, 0.3) is 0 Å². The molecule has 3 nitrogen and oxygen atoms in total. The molecule has 3 rings (SSSR count). The van der Waals surface area contributed by atoms with Crippen molar-refractivity contribution < 1.29 is 5.11 Å². The molecule has 4 atom stereocenters. The van der Waals surface area contributed by atoms with Crippen LogP contribution in [0.5, 0.6) is 0 Å². The van der Waals surface area contributed by atoms with Gasteiger partial charge in [0.2, 0.25) is 0 Å². The summed E-state index contributed by atoms with van der Waals surface area (Å²) in [6.45, 7) is 2.93. The Hall–Kier alpha value is -0.120. The van der Waals surface area contributed by atoms with Gasteiger partial charge in [0.05, 0.1) is 5.60 Å². The molecule has 0 spiro atoms. The summed E-state index contributed by atoms with van der Waals surface area (Å²) in [5, 5.41) is 10.5. The predicted octanol–water partition coefficient (Wildman–Crippen LogP) is 2.13. The van der Waals surface area contributed by atoms with Gasteiger partial charge in [0.15, 0.2) is 0 Å². The number of likely N-dealkylation sites (tertiary alicyclic amines) is 1. The summed E-state index contributed by atoms with van der Waals surface area (Å²) in [5.74, 6) is 1.42. The lowest BCUT2D eigenvalue weighted by Crippen LogP contribution is -2.43. The maximum absolute atomic E-state index is 10.5. The van der Waals surface area contributed by atoms with Crippen LogP contribution in [0.2, 0.25) is 0 Å². The fraction of sp³-hybridized carbons (Fsp3) is 1.00. The number of hydrogen-bond acceptors (Lipinski definition) is 3. The minimum atomic E-state index is -0.550. The fourth-order valence-electron chi connectivity index (χ4n) is 4.91. The second-order valence-electron chi connectivity index (χ2n) is 7.12. The van der Waals surface area contributed by atoms with Gasteiger partial charge in [0.25, 0.3) is 0 Å². The Labute approximate surface area is 117 Å². The number of nitrogens with zero attached hydrogens (tertiary/aromatic N) is 1. The van der Waals surface area contributed by atoms with Crippen molar-refractivity contribution in [2.24, 2.45) is 17.6 Å². The SMILES string of the molecule is NCC1(O)CCCC1CCN1CCC2CCCCC21. The van der Waals surface area contributed by atoms with Crippen LogP contribution in [0.3, 0.4) is 0 Å². The van der Waals surface area contributed by atoms with Gasteiger partial charge in [-0.15, -0.1) is 0 Å². The average molecular weight is 266 g/mol. The van der Waals surface area contributed by atoms with E-state index in [2.05, 4.69) is 4.90 Å². The second kappa shape index (κ2) is 5.71. The molecular weight excluding hydrogens is 236 g/mol. The maximum Gasteiger partial charge on any atom is 0.0797 e. The van der Waals surface area contributed by atoms with E-state index < -0.39 is 5.60 Å². The first kappa shape index (κ1) is 13.8. The molecule has 3 aliphatic rings. The van der Waals surface area contributed by atoms with Crippen LogP contribution >= 0.6 is 0 Å². The lowest BCUT2D eigenvalue weighted by Gasteiger charge is -2.34. The molecule has 3 N–H and O–H groups in total. The molecule has 0 aromatic carbocycles. The molecule has 0 amide bonds. The quantitative estimate of drug-likeness (QED) is 0.819. The van der Waals surface area contributed by atoms with Gasteiger partial charge >= 0.3 is 0 Å². The number of hydrogen-bond donors (Lipinski definition) is 2. The van der Waals surface area contributed by atoms with Crippen LogP contribution in [0.4, 0.5) is 0 Å². The molecule has 0 bridgehead atoms. The van der Waals surface area contributed by atoms with E-state index in [1.807, 2.05) is 0 Å². The Bertz CT molecular complexity index is 309. The van der Waals surface area contributed by atoms with E-state index in [0.29, 0.717) is 12.5 Å². The molecule has 0 aromatic rings. The summed E-state index contributed by atoms with van der Waals surface area (Å²) >= 11 is 0. The van der Waals surface area contributed by atoms with Crippen LogP contribution in [-0.2, 0) is 0 Å². The summed E-state index contributed by atoms with van der Waals surface area (Å²) < 4.78 is 0. The van der Waals surface area contributed by atoms with Crippen molar-refractivity contribution in [1.82, 2.24) is 4.90 Å². The van der Waals surface area contributed by atoms with Crippen LogP contribution in [-0.4, -0.2) is 41.3 Å². The molecule has 1 heterocycles. The van der Waals surface area contributed by atoms with Gasteiger partial charge in [0, 0.05) is 12.6 Å². The molecule has 0 radical (unpaired) electrons. The highest BCUT2D eigenvalue weighted by Crippen LogP contribution is 2.40. The zero-order chi connectivity index (χ0) is 13.3. The first-order valence-corrected chi connectivity index (χ1v) is 8.39. The van der Waals surface area contributed by atoms with Gasteiger partial charge < -0.3 is 15.7 Å². The highest BCUT2D eigenvalue weighted by Gasteiger charge is 2.41. The average Bonchev–Trinajstić information content (AvgIpc) is 3.01. The predicted molar refractivity (Wildman–Crippen MR) is 77.9 cm³/mol. The lowest BCUT2D eigenvalue weighted by atomic mass is 9.84. The van der Waals surface area contributed by atoms with Crippen LogP contribution in [0.1, 0.15) is 57.8 Å². The third kappa shape index (κ3) is 2.70. The molecular formula is C16H30N2O. The summed E-state index contributed by atoms with van der Waals surface area (Å²) in [6.07, 6.45) is 11.6. The van der Waals surface area contributed by atoms with Crippen molar-refractivity contribution in [3.05, 3.63) is 0 Å². The van der Waals surface area contributed by atoms with Gasteiger partial charge in [-0.05, 0) is 63.5 Å². The van der Waals surface area contributed by atoms with E-state index >= 15 is 0 Å². The first-order chi connectivity index (χ1) is 9.23. The molecule has 0 aromatic heterocycles. The van der Waals surface area contributed by atoms with Crippen LogP contribution in [0.15, 0.2) is 0 Å². The number of nitrogens with two attached hydrogens (primary N) is 1. The van der Waals surface area contributed by atoms with Crippen LogP contribution in [0, 0.1) is 11.8 Å². The first-order valence-electron chi connectivity index (χ1n) is 8.39. The zero-order valence-corrected chi connectivity index (χ0v) is 12.2. The van der Waals surface area contributed by atoms with E-state index in [0.717, 1.165) is 31.2 Å². The van der Waals surface area contributed by atoms with E-state index in [4.69, 9.17) is 5.73 Å². The topological polar surface area (TPSA) is 49.5 Å². The molecule has 110 valence electrons. The standard InChI is InChI=1S/C16H30N2O/c17-12-16(19)9-3-5-14(16)8-11-18-10-7-13-4-1-2-6-15(13)18/h13-15,19H,1-12,17H2. The highest BCUT2D eigenvalue weighted by atomic mass is 16.3. The Kier molecular flexibility index (Phi) is 4.16. The third-order valence-electron chi connectivity index (χ3n) is 6.17.